The molecule has 4 N–H and O–H groups in total. The highest BCUT2D eigenvalue weighted by Crippen LogP contribution is 2.24. The van der Waals surface area contributed by atoms with Crippen molar-refractivity contribution in [1.29, 1.82) is 0 Å². The first-order valence-electron chi connectivity index (χ1n) is 22.9. The number of allylic oxidation sites excluding steroid dienone is 4. The van der Waals surface area contributed by atoms with Crippen LogP contribution in [0.1, 0.15) is 194 Å². The van der Waals surface area contributed by atoms with Gasteiger partial charge in [-0.2, -0.15) is 8.42 Å². The summed E-state index contributed by atoms with van der Waals surface area (Å²) in [5.41, 5.74) is 0. The molecule has 0 amide bonds. The Kier molecular flexibility index (Phi) is 33.5. The number of rotatable bonds is 38. The van der Waals surface area contributed by atoms with Gasteiger partial charge in [0.15, 0.2) is 12.4 Å². The molecule has 1 heterocycles. The van der Waals surface area contributed by atoms with Crippen molar-refractivity contribution in [1.82, 2.24) is 0 Å². The van der Waals surface area contributed by atoms with Gasteiger partial charge in [0.2, 0.25) is 0 Å². The third-order valence-corrected chi connectivity index (χ3v) is 11.3. The Morgan fingerprint density at radius 1 is 0.569 bits per heavy atom. The Balaban J connectivity index is 2.44. The first-order chi connectivity index (χ1) is 28.0. The van der Waals surface area contributed by atoms with Crippen molar-refractivity contribution >= 4 is 22.1 Å². The minimum absolute atomic E-state index is 0.145. The van der Waals surface area contributed by atoms with Crippen molar-refractivity contribution in [3.05, 3.63) is 24.3 Å². The second kappa shape index (κ2) is 35.8. The van der Waals surface area contributed by atoms with Gasteiger partial charge in [0, 0.05) is 12.8 Å². The zero-order valence-electron chi connectivity index (χ0n) is 36.2. The van der Waals surface area contributed by atoms with Gasteiger partial charge >= 0.3 is 11.9 Å². The zero-order chi connectivity index (χ0) is 42.7. The number of aliphatic hydroxyl groups excluding tert-OH is 3. The van der Waals surface area contributed by atoms with Gasteiger partial charge in [-0.25, -0.2) is 0 Å². The number of esters is 2. The van der Waals surface area contributed by atoms with E-state index in [4.69, 9.17) is 18.9 Å². The number of hydrogen-bond acceptors (Lipinski definition) is 11. The zero-order valence-corrected chi connectivity index (χ0v) is 37.0. The molecule has 0 aromatic rings. The molecular weight excluding hydrogens is 765 g/mol. The molecule has 0 bridgehead atoms. The summed E-state index contributed by atoms with van der Waals surface area (Å²) in [5.74, 6) is -2.00. The molecule has 6 atom stereocenters. The molecule has 1 aliphatic heterocycles. The molecule has 58 heavy (non-hydrogen) atoms. The fourth-order valence-electron chi connectivity index (χ4n) is 6.90. The molecule has 13 heteroatoms. The average Bonchev–Trinajstić information content (AvgIpc) is 3.18. The van der Waals surface area contributed by atoms with Gasteiger partial charge in [0.25, 0.3) is 10.1 Å². The summed E-state index contributed by atoms with van der Waals surface area (Å²) in [6, 6.07) is 0. The third-order valence-electron chi connectivity index (χ3n) is 10.5. The van der Waals surface area contributed by atoms with Crippen molar-refractivity contribution in [2.24, 2.45) is 0 Å². The average molecular weight is 847 g/mol. The second-order valence-corrected chi connectivity index (χ2v) is 17.6. The highest BCUT2D eigenvalue weighted by atomic mass is 32.2. The molecule has 0 aromatic carbocycles. The predicted molar refractivity (Wildman–Crippen MR) is 229 cm³/mol. The van der Waals surface area contributed by atoms with Crippen LogP contribution in [0.2, 0.25) is 0 Å². The van der Waals surface area contributed by atoms with Crippen LogP contribution in [0.15, 0.2) is 24.3 Å². The van der Waals surface area contributed by atoms with E-state index in [1.807, 2.05) is 0 Å². The Morgan fingerprint density at radius 2 is 0.983 bits per heavy atom. The number of unbranched alkanes of at least 4 members (excludes halogenated alkanes) is 22. The Morgan fingerprint density at radius 3 is 1.47 bits per heavy atom. The van der Waals surface area contributed by atoms with Gasteiger partial charge in [-0.3, -0.25) is 14.1 Å². The van der Waals surface area contributed by atoms with Gasteiger partial charge in [0.1, 0.15) is 36.8 Å². The summed E-state index contributed by atoms with van der Waals surface area (Å²) in [6.45, 7) is 3.73. The topological polar surface area (TPSA) is 186 Å². The van der Waals surface area contributed by atoms with E-state index in [-0.39, 0.29) is 19.4 Å². The fourth-order valence-corrected chi connectivity index (χ4v) is 7.59. The lowest BCUT2D eigenvalue weighted by atomic mass is 10.00. The standard InChI is InChI=1S/C45H82O12S/c1-3-5-7-9-11-13-15-17-18-19-20-22-23-25-27-29-31-33-40(46)54-35-38(36-55-45-44(50)43(49)42(48)39(57-45)37-58(51,52)53)56-41(47)34-32-30-28-26-24-21-16-14-12-10-8-6-4-2/h13,15,21,24,38-39,42-45,48-50H,3-12,14,16-20,22-23,25-37H2,1-2H3,(H,51,52,53)/b15-13+,24-21+/t38-,39-,42-,43?,44?,45+/m1/s1. The van der Waals surface area contributed by atoms with Crippen molar-refractivity contribution in [3.8, 4) is 0 Å². The Hall–Kier alpha value is -1.87. The number of carbonyl (C=O) groups is 2. The van der Waals surface area contributed by atoms with Crippen LogP contribution in [0.25, 0.3) is 0 Å². The smallest absolute Gasteiger partial charge is 0.306 e. The van der Waals surface area contributed by atoms with Crippen molar-refractivity contribution < 1.29 is 56.8 Å². The number of ether oxygens (including phenoxy) is 4. The summed E-state index contributed by atoms with van der Waals surface area (Å²) in [7, 11) is -4.60. The normalized spacial score (nSPS) is 20.6. The molecule has 0 spiro atoms. The number of hydrogen-bond donors (Lipinski definition) is 4. The summed E-state index contributed by atoms with van der Waals surface area (Å²) < 4.78 is 54.0. The molecule has 0 radical (unpaired) electrons. The highest BCUT2D eigenvalue weighted by Gasteiger charge is 2.46. The lowest BCUT2D eigenvalue weighted by molar-refractivity contribution is -0.297. The highest BCUT2D eigenvalue weighted by molar-refractivity contribution is 7.85. The molecule has 1 rings (SSSR count). The largest absolute Gasteiger partial charge is 0.462 e. The molecule has 1 saturated heterocycles. The molecule has 12 nitrogen and oxygen atoms in total. The molecular formula is C45H82O12S. The summed E-state index contributed by atoms with van der Waals surface area (Å²) in [5, 5.41) is 30.9. The Bertz CT molecular complexity index is 1180. The van der Waals surface area contributed by atoms with E-state index in [0.29, 0.717) is 12.8 Å². The van der Waals surface area contributed by atoms with Gasteiger partial charge in [-0.05, 0) is 64.2 Å². The van der Waals surface area contributed by atoms with E-state index < -0.39 is 71.2 Å². The number of carbonyl (C=O) groups excluding carboxylic acids is 2. The second-order valence-electron chi connectivity index (χ2n) is 16.1. The molecule has 1 fully saturated rings. The van der Waals surface area contributed by atoms with Crippen LogP contribution in [-0.2, 0) is 38.7 Å². The van der Waals surface area contributed by atoms with Gasteiger partial charge < -0.3 is 34.3 Å². The lowest BCUT2D eigenvalue weighted by Crippen LogP contribution is -2.60. The van der Waals surface area contributed by atoms with E-state index in [0.717, 1.165) is 44.9 Å². The van der Waals surface area contributed by atoms with Crippen molar-refractivity contribution in [3.63, 3.8) is 0 Å². The monoisotopic (exact) mass is 847 g/mol. The first-order valence-corrected chi connectivity index (χ1v) is 24.5. The van der Waals surface area contributed by atoms with E-state index in [9.17, 15) is 37.9 Å². The van der Waals surface area contributed by atoms with Crippen molar-refractivity contribution in [2.75, 3.05) is 19.0 Å². The number of aliphatic hydroxyl groups is 3. The van der Waals surface area contributed by atoms with E-state index in [1.165, 1.54) is 109 Å². The van der Waals surface area contributed by atoms with E-state index in [2.05, 4.69) is 38.2 Å². The minimum atomic E-state index is -4.60. The molecule has 340 valence electrons. The summed E-state index contributed by atoms with van der Waals surface area (Å²) in [6.07, 6.45) is 29.4. The van der Waals surface area contributed by atoms with Crippen LogP contribution in [0.5, 0.6) is 0 Å². The van der Waals surface area contributed by atoms with Crippen molar-refractivity contribution in [2.45, 2.75) is 230 Å². The van der Waals surface area contributed by atoms with Crippen LogP contribution in [0, 0.1) is 0 Å². The van der Waals surface area contributed by atoms with Crippen LogP contribution in [0.3, 0.4) is 0 Å². The lowest BCUT2D eigenvalue weighted by Gasteiger charge is -2.40. The predicted octanol–water partition coefficient (Wildman–Crippen LogP) is 9.23. The summed E-state index contributed by atoms with van der Waals surface area (Å²) in [4.78, 5) is 25.4. The van der Waals surface area contributed by atoms with Gasteiger partial charge in [0.05, 0.1) is 6.61 Å². The maximum atomic E-state index is 12.8. The SMILES string of the molecule is CCCCCC/C=C/CCCCCCCCCCCC(=O)OC[C@H](CO[C@H]1O[C@H](CS(=O)(=O)O)[C@@H](O)C(O)C1O)OC(=O)CCCCC/C=C/CCCCCCCC. The maximum Gasteiger partial charge on any atom is 0.306 e. The molecule has 2 unspecified atom stereocenters. The molecule has 0 aliphatic carbocycles. The van der Waals surface area contributed by atoms with Crippen LogP contribution in [-0.4, -0.2) is 96.0 Å². The van der Waals surface area contributed by atoms with Crippen LogP contribution in [0.4, 0.5) is 0 Å². The summed E-state index contributed by atoms with van der Waals surface area (Å²) >= 11 is 0. The fraction of sp³-hybridized carbons (Fsp3) is 0.867. The van der Waals surface area contributed by atoms with E-state index >= 15 is 0 Å². The van der Waals surface area contributed by atoms with E-state index in [1.54, 1.807) is 0 Å². The van der Waals surface area contributed by atoms with Gasteiger partial charge in [-0.1, -0.05) is 141 Å². The third kappa shape index (κ3) is 30.2. The van der Waals surface area contributed by atoms with Gasteiger partial charge in [-0.15, -0.1) is 0 Å². The molecule has 0 saturated carbocycles. The Labute approximate surface area is 351 Å². The maximum absolute atomic E-state index is 12.8. The quantitative estimate of drug-likeness (QED) is 0.0200. The molecule has 0 aromatic heterocycles. The first kappa shape index (κ1) is 54.1. The van der Waals surface area contributed by atoms with Crippen LogP contribution >= 0.6 is 0 Å². The molecule has 1 aliphatic rings. The minimum Gasteiger partial charge on any atom is -0.462 e. The van der Waals surface area contributed by atoms with Crippen LogP contribution < -0.4 is 0 Å².